The van der Waals surface area contributed by atoms with Gasteiger partial charge in [0.25, 0.3) is 11.5 Å². The number of hydrogen-bond acceptors (Lipinski definition) is 3. The van der Waals surface area contributed by atoms with Gasteiger partial charge in [-0.2, -0.15) is 0 Å². The zero-order valence-electron chi connectivity index (χ0n) is 17.6. The third-order valence-corrected chi connectivity index (χ3v) is 5.55. The van der Waals surface area contributed by atoms with Gasteiger partial charge in [-0.05, 0) is 31.5 Å². The number of benzene rings is 2. The van der Waals surface area contributed by atoms with Crippen LogP contribution in [-0.4, -0.2) is 41.8 Å². The lowest BCUT2D eigenvalue weighted by Crippen LogP contribution is -3.11. The first kappa shape index (κ1) is 21.6. The van der Waals surface area contributed by atoms with Crippen LogP contribution in [0.15, 0.2) is 59.4 Å². The molecule has 0 bridgehead atoms. The topological polar surface area (TPSA) is 75.8 Å². The standard InChI is InChI=1S/C24H29N3O3/c1-3-26(4-2)16-10-15-25-23(29)21-22(28)19-13-8-9-14-20(19)27(24(21)30)17-18-11-6-5-7-12-18/h5-9,11-14,28H,3-4,10,15-17H2,1-2H3,(H,25,29)/p+1. The van der Waals surface area contributed by atoms with E-state index >= 15 is 0 Å². The van der Waals surface area contributed by atoms with Gasteiger partial charge in [0, 0.05) is 18.4 Å². The molecule has 3 N–H and O–H groups in total. The number of pyridine rings is 1. The van der Waals surface area contributed by atoms with Crippen LogP contribution in [0.5, 0.6) is 5.75 Å². The lowest BCUT2D eigenvalue weighted by Gasteiger charge is -2.16. The van der Waals surface area contributed by atoms with Crippen LogP contribution in [0.4, 0.5) is 0 Å². The maximum Gasteiger partial charge on any atom is 0.268 e. The number of hydrogen-bond donors (Lipinski definition) is 3. The minimum absolute atomic E-state index is 0.195. The summed E-state index contributed by atoms with van der Waals surface area (Å²) in [6.45, 7) is 8.10. The SMILES string of the molecule is CC[NH+](CC)CCCNC(=O)c1c(O)c2ccccc2n(Cc2ccccc2)c1=O. The Kier molecular flexibility index (Phi) is 7.25. The first-order valence-corrected chi connectivity index (χ1v) is 10.6. The number of quaternary nitrogens is 1. The molecule has 0 aliphatic heterocycles. The number of rotatable bonds is 9. The maximum absolute atomic E-state index is 13.2. The Labute approximate surface area is 176 Å². The number of carbonyl (C=O) groups excluding carboxylic acids is 1. The summed E-state index contributed by atoms with van der Waals surface area (Å²) in [7, 11) is 0. The second kappa shape index (κ2) is 10.1. The molecule has 0 saturated carbocycles. The third kappa shape index (κ3) is 4.71. The molecule has 0 saturated heterocycles. The van der Waals surface area contributed by atoms with Gasteiger partial charge in [-0.15, -0.1) is 0 Å². The van der Waals surface area contributed by atoms with Crippen LogP contribution < -0.4 is 15.8 Å². The molecule has 2 aromatic carbocycles. The molecule has 1 heterocycles. The average molecular weight is 409 g/mol. The van der Waals surface area contributed by atoms with Gasteiger partial charge >= 0.3 is 0 Å². The molecule has 0 aliphatic rings. The predicted molar refractivity (Wildman–Crippen MR) is 119 cm³/mol. The van der Waals surface area contributed by atoms with Crippen LogP contribution in [-0.2, 0) is 6.54 Å². The van der Waals surface area contributed by atoms with E-state index in [2.05, 4.69) is 19.2 Å². The molecule has 3 aromatic rings. The van der Waals surface area contributed by atoms with Crippen molar-refractivity contribution in [3.8, 4) is 5.75 Å². The number of fused-ring (bicyclic) bond motifs is 1. The number of aromatic hydroxyl groups is 1. The number of carbonyl (C=O) groups is 1. The second-order valence-electron chi connectivity index (χ2n) is 7.43. The van der Waals surface area contributed by atoms with E-state index in [0.717, 1.165) is 31.6 Å². The van der Waals surface area contributed by atoms with E-state index < -0.39 is 11.5 Å². The molecule has 1 amide bonds. The van der Waals surface area contributed by atoms with E-state index in [1.807, 2.05) is 36.4 Å². The highest BCUT2D eigenvalue weighted by molar-refractivity contribution is 6.02. The average Bonchev–Trinajstić information content (AvgIpc) is 2.77. The first-order chi connectivity index (χ1) is 14.6. The summed E-state index contributed by atoms with van der Waals surface area (Å²) in [5, 5.41) is 14.0. The summed E-state index contributed by atoms with van der Waals surface area (Å²) >= 11 is 0. The van der Waals surface area contributed by atoms with E-state index in [9.17, 15) is 14.7 Å². The minimum atomic E-state index is -0.528. The van der Waals surface area contributed by atoms with Gasteiger partial charge < -0.3 is 19.9 Å². The van der Waals surface area contributed by atoms with Crippen molar-refractivity contribution in [2.24, 2.45) is 0 Å². The number of nitrogens with one attached hydrogen (secondary N) is 2. The first-order valence-electron chi connectivity index (χ1n) is 10.6. The normalized spacial score (nSPS) is 11.2. The Bertz CT molecular complexity index is 1060. The molecule has 0 radical (unpaired) electrons. The molecule has 0 spiro atoms. The summed E-state index contributed by atoms with van der Waals surface area (Å²) in [6, 6.07) is 16.7. The van der Waals surface area contributed by atoms with Crippen molar-refractivity contribution < 1.29 is 14.8 Å². The molecule has 1 aromatic heterocycles. The maximum atomic E-state index is 13.2. The summed E-state index contributed by atoms with van der Waals surface area (Å²) in [5.41, 5.74) is 0.872. The van der Waals surface area contributed by atoms with Crippen LogP contribution in [0, 0.1) is 0 Å². The number of para-hydroxylation sites is 1. The van der Waals surface area contributed by atoms with Crippen molar-refractivity contribution in [1.29, 1.82) is 0 Å². The molecule has 30 heavy (non-hydrogen) atoms. The fraction of sp³-hybridized carbons (Fsp3) is 0.333. The van der Waals surface area contributed by atoms with E-state index in [1.165, 1.54) is 4.90 Å². The lowest BCUT2D eigenvalue weighted by atomic mass is 10.1. The minimum Gasteiger partial charge on any atom is -0.506 e. The zero-order chi connectivity index (χ0) is 21.5. The van der Waals surface area contributed by atoms with E-state index in [0.29, 0.717) is 24.0 Å². The summed E-state index contributed by atoms with van der Waals surface area (Å²) < 4.78 is 1.55. The Morgan fingerprint density at radius 2 is 1.70 bits per heavy atom. The zero-order valence-corrected chi connectivity index (χ0v) is 17.6. The molecule has 0 unspecified atom stereocenters. The molecule has 158 valence electrons. The quantitative estimate of drug-likeness (QED) is 0.473. The molecule has 0 atom stereocenters. The van der Waals surface area contributed by atoms with Crippen LogP contribution >= 0.6 is 0 Å². The van der Waals surface area contributed by atoms with Gasteiger partial charge in [0.05, 0.1) is 31.7 Å². The van der Waals surface area contributed by atoms with E-state index in [1.54, 1.807) is 22.8 Å². The van der Waals surface area contributed by atoms with Crippen molar-refractivity contribution in [3.05, 3.63) is 76.1 Å². The van der Waals surface area contributed by atoms with Crippen molar-refractivity contribution in [2.45, 2.75) is 26.8 Å². The molecule has 6 nitrogen and oxygen atoms in total. The number of nitrogens with zero attached hydrogens (tertiary/aromatic N) is 1. The van der Waals surface area contributed by atoms with Crippen molar-refractivity contribution in [2.75, 3.05) is 26.2 Å². The molecule has 0 fully saturated rings. The monoisotopic (exact) mass is 408 g/mol. The highest BCUT2D eigenvalue weighted by Gasteiger charge is 2.22. The highest BCUT2D eigenvalue weighted by Crippen LogP contribution is 2.26. The van der Waals surface area contributed by atoms with E-state index in [4.69, 9.17) is 0 Å². The van der Waals surface area contributed by atoms with Crippen molar-refractivity contribution in [1.82, 2.24) is 9.88 Å². The Balaban J connectivity index is 1.91. The fourth-order valence-electron chi connectivity index (χ4n) is 3.75. The van der Waals surface area contributed by atoms with Gasteiger partial charge in [0.1, 0.15) is 11.3 Å². The largest absolute Gasteiger partial charge is 0.506 e. The van der Waals surface area contributed by atoms with Gasteiger partial charge in [0.2, 0.25) is 0 Å². The molecule has 6 heteroatoms. The summed E-state index contributed by atoms with van der Waals surface area (Å²) in [5.74, 6) is -0.786. The van der Waals surface area contributed by atoms with Crippen LogP contribution in [0.2, 0.25) is 0 Å². The van der Waals surface area contributed by atoms with Gasteiger partial charge in [-0.25, -0.2) is 0 Å². The summed E-state index contributed by atoms with van der Waals surface area (Å²) in [6.07, 6.45) is 0.815. The Morgan fingerprint density at radius 3 is 2.40 bits per heavy atom. The molecular weight excluding hydrogens is 378 g/mol. The van der Waals surface area contributed by atoms with Crippen molar-refractivity contribution >= 4 is 16.8 Å². The molecular formula is C24H30N3O3+. The Hall–Kier alpha value is -3.12. The van der Waals surface area contributed by atoms with E-state index in [-0.39, 0.29) is 11.3 Å². The molecule has 0 aliphatic carbocycles. The smallest absolute Gasteiger partial charge is 0.268 e. The highest BCUT2D eigenvalue weighted by atomic mass is 16.3. The van der Waals surface area contributed by atoms with Crippen LogP contribution in [0.3, 0.4) is 0 Å². The van der Waals surface area contributed by atoms with Crippen molar-refractivity contribution in [3.63, 3.8) is 0 Å². The Morgan fingerprint density at radius 1 is 1.03 bits per heavy atom. The summed E-state index contributed by atoms with van der Waals surface area (Å²) in [4.78, 5) is 27.5. The van der Waals surface area contributed by atoms with Gasteiger partial charge in [0.15, 0.2) is 0 Å². The van der Waals surface area contributed by atoms with Gasteiger partial charge in [-0.3, -0.25) is 9.59 Å². The lowest BCUT2D eigenvalue weighted by molar-refractivity contribution is -0.896. The van der Waals surface area contributed by atoms with Crippen LogP contribution in [0.1, 0.15) is 36.2 Å². The number of aromatic nitrogens is 1. The van der Waals surface area contributed by atoms with Crippen LogP contribution in [0.25, 0.3) is 10.9 Å². The second-order valence-corrected chi connectivity index (χ2v) is 7.43. The number of amides is 1. The predicted octanol–water partition coefficient (Wildman–Crippen LogP) is 1.80. The van der Waals surface area contributed by atoms with Gasteiger partial charge in [-0.1, -0.05) is 42.5 Å². The molecule has 3 rings (SSSR count). The fourth-order valence-corrected chi connectivity index (χ4v) is 3.75. The third-order valence-electron chi connectivity index (χ3n) is 5.55.